The van der Waals surface area contributed by atoms with E-state index in [1.54, 1.807) is 9.21 Å². The zero-order chi connectivity index (χ0) is 42.9. The second-order valence-corrected chi connectivity index (χ2v) is 24.6. The van der Waals surface area contributed by atoms with Crippen LogP contribution in [0.25, 0.3) is 0 Å². The van der Waals surface area contributed by atoms with E-state index in [0.29, 0.717) is 34.5 Å². The van der Waals surface area contributed by atoms with Gasteiger partial charge in [0.15, 0.2) is 11.5 Å². The van der Waals surface area contributed by atoms with Gasteiger partial charge in [-0.2, -0.15) is 0 Å². The molecule has 0 saturated carbocycles. The summed E-state index contributed by atoms with van der Waals surface area (Å²) in [4.78, 5) is 14.1. The van der Waals surface area contributed by atoms with Gasteiger partial charge in [0, 0.05) is 36.0 Å². The summed E-state index contributed by atoms with van der Waals surface area (Å²) in [5, 5.41) is 0. The van der Waals surface area contributed by atoms with Gasteiger partial charge in [0.25, 0.3) is 0 Å². The molecule has 7 rings (SSSR count). The zero-order valence-electron chi connectivity index (χ0n) is 32.8. The molecule has 1 heterocycles. The van der Waals surface area contributed by atoms with Crippen LogP contribution in [0.1, 0.15) is 33.4 Å². The summed E-state index contributed by atoms with van der Waals surface area (Å²) in [6.45, 7) is 11.8. The van der Waals surface area contributed by atoms with Crippen molar-refractivity contribution in [3.63, 3.8) is 0 Å². The van der Waals surface area contributed by atoms with Crippen molar-refractivity contribution in [1.29, 1.82) is 0 Å². The molecule has 0 fully saturated rings. The maximum Gasteiger partial charge on any atom is 0.447 e. The van der Waals surface area contributed by atoms with Crippen LogP contribution >= 0.6 is 120 Å². The molecular formula is C42H36Br6N3O6P3. The van der Waals surface area contributed by atoms with Crippen molar-refractivity contribution in [2.75, 3.05) is 0 Å². The highest BCUT2D eigenvalue weighted by Gasteiger charge is 2.58. The van der Waals surface area contributed by atoms with E-state index in [-0.39, 0.29) is 0 Å². The molecule has 6 aromatic rings. The van der Waals surface area contributed by atoms with Gasteiger partial charge in [0.2, 0.25) is 0 Å². The quantitative estimate of drug-likeness (QED) is 0.112. The Morgan fingerprint density at radius 1 is 0.417 bits per heavy atom. The zero-order valence-corrected chi connectivity index (χ0v) is 45.0. The highest BCUT2D eigenvalue weighted by atomic mass is 79.9. The average molecular weight is 1250 g/mol. The van der Waals surface area contributed by atoms with Crippen molar-refractivity contribution >= 4 is 120 Å². The molecule has 312 valence electrons. The molecule has 9 nitrogen and oxygen atoms in total. The summed E-state index contributed by atoms with van der Waals surface area (Å²) in [6, 6.07) is 34.7. The molecule has 0 aliphatic carbocycles. The molecule has 0 amide bonds. The molecule has 0 saturated heterocycles. The van der Waals surface area contributed by atoms with Crippen LogP contribution in [0.5, 0.6) is 34.5 Å². The Hall–Kier alpha value is -1.99. The van der Waals surface area contributed by atoms with Crippen molar-refractivity contribution in [3.05, 3.63) is 169 Å². The highest BCUT2D eigenvalue weighted by molar-refractivity contribution is 9.11. The minimum absolute atomic E-state index is 0.518. The molecule has 0 aromatic heterocycles. The standard InChI is InChI=1S/C42H36Br6N3O6P3/c1-25-19-31(43)7-13-37(25)52-50-58(54-39-15-9-33(45)21-27(39)3)49-60(56-41-17-11-35(47)23-29(41)5,57-42-18-12-36(48)24-30(42)6)51(53-38-14-8-32(44)20-26(38)2)59(50)55-40-16-10-34(46)22-28(40)4/h7-24H,1-6H3. The normalized spacial score (nSPS) is 16.5. The molecule has 2 atom stereocenters. The number of nitrogens with zero attached hydrogens (tertiary/aromatic N) is 3. The Morgan fingerprint density at radius 3 is 1.10 bits per heavy atom. The first-order valence-corrected chi connectivity index (χ1v) is 26.7. The number of rotatable bonds is 12. The van der Waals surface area contributed by atoms with E-state index in [1.165, 1.54) is 0 Å². The van der Waals surface area contributed by atoms with Gasteiger partial charge >= 0.3 is 24.6 Å². The fourth-order valence-corrected chi connectivity index (χ4v) is 16.3. The molecule has 18 heteroatoms. The van der Waals surface area contributed by atoms with Crippen LogP contribution in [0.15, 0.2) is 141 Å². The monoisotopic (exact) mass is 1240 g/mol. The van der Waals surface area contributed by atoms with Crippen molar-refractivity contribution < 1.29 is 27.8 Å². The largest absolute Gasteiger partial charge is 0.447 e. The lowest BCUT2D eigenvalue weighted by molar-refractivity contribution is 0.0535. The molecule has 0 bridgehead atoms. The molecule has 0 spiro atoms. The van der Waals surface area contributed by atoms with E-state index < -0.39 is 24.6 Å². The molecule has 60 heavy (non-hydrogen) atoms. The Kier molecular flexibility index (Phi) is 15.2. The van der Waals surface area contributed by atoms with Crippen LogP contribution in [0, 0.1) is 41.5 Å². The number of aryl methyl sites for hydroxylation is 6. The third kappa shape index (κ3) is 10.8. The lowest BCUT2D eigenvalue weighted by Crippen LogP contribution is -2.37. The van der Waals surface area contributed by atoms with Gasteiger partial charge in [-0.25, -0.2) is 0 Å². The predicted octanol–water partition coefficient (Wildman–Crippen LogP) is 17.7. The first-order chi connectivity index (χ1) is 28.6. The lowest BCUT2D eigenvalue weighted by atomic mass is 10.2. The van der Waals surface area contributed by atoms with Gasteiger partial charge in [-0.3, -0.25) is 0 Å². The summed E-state index contributed by atoms with van der Waals surface area (Å²) < 4.78 is 43.1. The third-order valence-electron chi connectivity index (χ3n) is 8.82. The minimum Gasteiger partial charge on any atom is -0.440 e. The Morgan fingerprint density at radius 2 is 0.733 bits per heavy atom. The van der Waals surface area contributed by atoms with Gasteiger partial charge in [0.05, 0.1) is 0 Å². The molecule has 1 aliphatic rings. The first-order valence-electron chi connectivity index (χ1n) is 18.1. The van der Waals surface area contributed by atoms with Gasteiger partial charge in [-0.1, -0.05) is 95.6 Å². The summed E-state index contributed by atoms with van der Waals surface area (Å²) in [7, 11) is -8.46. The molecular weight excluding hydrogens is 1210 g/mol. The number of hydrogen-bond donors (Lipinski definition) is 0. The third-order valence-corrected chi connectivity index (χ3v) is 18.6. The van der Waals surface area contributed by atoms with E-state index in [0.717, 1.165) is 60.2 Å². The van der Waals surface area contributed by atoms with Crippen molar-refractivity contribution in [2.45, 2.75) is 41.5 Å². The molecule has 0 radical (unpaired) electrons. The number of halogens is 6. The fourth-order valence-electron chi connectivity index (χ4n) is 5.70. The smallest absolute Gasteiger partial charge is 0.440 e. The molecule has 2 unspecified atom stereocenters. The van der Waals surface area contributed by atoms with E-state index >= 15 is 0 Å². The molecule has 0 N–H and O–H groups in total. The van der Waals surface area contributed by atoms with Gasteiger partial charge in [-0.05, 0) is 184 Å². The van der Waals surface area contributed by atoms with E-state index in [9.17, 15) is 0 Å². The highest BCUT2D eigenvalue weighted by Crippen LogP contribution is 2.78. The van der Waals surface area contributed by atoms with Gasteiger partial charge < -0.3 is 27.8 Å². The molecule has 1 aliphatic heterocycles. The SMILES string of the molecule is Cc1cc(Br)ccc1ON1P(Oc2ccc(Br)cc2C)N=P(Oc2ccc(Br)cc2C)(Oc2ccc(Br)cc2C)N(Oc2ccc(Br)cc2C)P1Oc1ccc(Br)cc1C. The van der Waals surface area contributed by atoms with Crippen LogP contribution in [0.4, 0.5) is 0 Å². The van der Waals surface area contributed by atoms with Crippen LogP contribution in [0.2, 0.25) is 0 Å². The second-order valence-electron chi connectivity index (χ2n) is 13.6. The second kappa shape index (κ2) is 19.8. The average Bonchev–Trinajstić information content (AvgIpc) is 3.17. The van der Waals surface area contributed by atoms with Crippen LogP contribution in [0.3, 0.4) is 0 Å². The summed E-state index contributed by atoms with van der Waals surface area (Å²) in [5.41, 5.74) is 5.10. The summed E-state index contributed by atoms with van der Waals surface area (Å²) in [5.74, 6) is 3.27. The van der Waals surface area contributed by atoms with Crippen LogP contribution < -0.4 is 27.8 Å². The maximum absolute atomic E-state index is 7.29. The number of benzene rings is 6. The lowest BCUT2D eigenvalue weighted by Gasteiger charge is -2.44. The maximum atomic E-state index is 7.29. The topological polar surface area (TPSA) is 74.2 Å². The summed E-state index contributed by atoms with van der Waals surface area (Å²) in [6.07, 6.45) is 0. The van der Waals surface area contributed by atoms with E-state index in [2.05, 4.69) is 95.6 Å². The number of hydrogen-bond acceptors (Lipinski definition) is 9. The van der Waals surface area contributed by atoms with Crippen molar-refractivity contribution in [1.82, 2.24) is 9.21 Å². The van der Waals surface area contributed by atoms with E-state index in [4.69, 9.17) is 32.3 Å². The van der Waals surface area contributed by atoms with Gasteiger partial charge in [-0.15, -0.1) is 4.52 Å². The van der Waals surface area contributed by atoms with Crippen LogP contribution in [-0.2, 0) is 0 Å². The van der Waals surface area contributed by atoms with Gasteiger partial charge in [0.1, 0.15) is 23.0 Å². The summed E-state index contributed by atoms with van der Waals surface area (Å²) >= 11 is 21.7. The Balaban J connectivity index is 1.57. The Bertz CT molecular complexity index is 2580. The fraction of sp³-hybridized carbons (Fsp3) is 0.143. The van der Waals surface area contributed by atoms with E-state index in [1.807, 2.05) is 151 Å². The van der Waals surface area contributed by atoms with Crippen LogP contribution in [-0.4, -0.2) is 9.21 Å². The predicted molar refractivity (Wildman–Crippen MR) is 264 cm³/mol. The van der Waals surface area contributed by atoms with Crippen molar-refractivity contribution in [2.24, 2.45) is 4.52 Å². The van der Waals surface area contributed by atoms with Crippen molar-refractivity contribution in [3.8, 4) is 34.5 Å². The molecule has 6 aromatic carbocycles. The minimum atomic E-state index is -3.97. The Labute approximate surface area is 403 Å². The first kappa shape index (κ1) is 46.0.